The van der Waals surface area contributed by atoms with Crippen molar-refractivity contribution in [3.8, 4) is 0 Å². The summed E-state index contributed by atoms with van der Waals surface area (Å²) in [6, 6.07) is 32.6. The van der Waals surface area contributed by atoms with E-state index in [4.69, 9.17) is 0 Å². The molecule has 52 heavy (non-hydrogen) atoms. The maximum absolute atomic E-state index is 4.18. The lowest BCUT2D eigenvalue weighted by Crippen LogP contribution is -1.73. The Hall–Kier alpha value is -3.98. The van der Waals surface area contributed by atoms with Crippen molar-refractivity contribution in [2.75, 3.05) is 0 Å². The van der Waals surface area contributed by atoms with Crippen LogP contribution in [0.25, 0.3) is 32.6 Å². The summed E-state index contributed by atoms with van der Waals surface area (Å²) < 4.78 is 0. The van der Waals surface area contributed by atoms with E-state index in [2.05, 4.69) is 57.4 Å². The molecule has 0 atom stereocenters. The van der Waals surface area contributed by atoms with E-state index >= 15 is 0 Å². The summed E-state index contributed by atoms with van der Waals surface area (Å²) in [6.45, 7) is 0. The quantitative estimate of drug-likeness (QED) is 0.168. The van der Waals surface area contributed by atoms with Gasteiger partial charge in [-0.05, 0) is 46.5 Å². The number of nitrogens with zero attached hydrogens (tertiary/aromatic N) is 2. The molecule has 3 aromatic heterocycles. The molecular weight excluding hydrogens is 631 g/mol. The number of aromatic nitrogens is 3. The highest BCUT2D eigenvalue weighted by Crippen LogP contribution is 2.10. The normalized spacial score (nSPS) is 5.62. The van der Waals surface area contributed by atoms with E-state index in [-0.39, 0.29) is 171 Å². The monoisotopic (exact) mass is 744 g/mol. The average Bonchev–Trinajstić information content (AvgIpc) is 3.29. The molecule has 0 aliphatic heterocycles. The Labute approximate surface area is 339 Å². The zero-order valence-corrected chi connectivity index (χ0v) is 15.9. The molecule has 0 aliphatic rings. The van der Waals surface area contributed by atoms with E-state index in [1.807, 2.05) is 79.4 Å². The predicted octanol–water partition coefficient (Wildman–Crippen LogP) is 21.3. The summed E-state index contributed by atoms with van der Waals surface area (Å²) in [5.74, 6) is 0. The maximum atomic E-state index is 4.18. The molecule has 3 aromatic carbocycles. The first kappa shape index (κ1) is 135. The summed E-state index contributed by atoms with van der Waals surface area (Å²) in [4.78, 5) is 11.3. The van der Waals surface area contributed by atoms with Crippen LogP contribution in [0.1, 0.15) is 171 Å². The zero-order valence-electron chi connectivity index (χ0n) is 15.9. The van der Waals surface area contributed by atoms with Gasteiger partial charge in [-0.1, -0.05) is 238 Å². The van der Waals surface area contributed by atoms with E-state index in [0.717, 1.165) is 5.52 Å². The number of nitrogens with one attached hydrogen (secondary N) is 1. The molecule has 1 N–H and O–H groups in total. The van der Waals surface area contributed by atoms with Gasteiger partial charge in [0, 0.05) is 35.7 Å². The Morgan fingerprint density at radius 2 is 0.692 bits per heavy atom. The molecule has 6 rings (SSSR count). The van der Waals surface area contributed by atoms with Crippen LogP contribution in [-0.2, 0) is 0 Å². The number of para-hydroxylation sites is 2. The number of hydrogen-bond acceptors (Lipinski definition) is 2. The van der Waals surface area contributed by atoms with Crippen LogP contribution < -0.4 is 0 Å². The van der Waals surface area contributed by atoms with Crippen LogP contribution >= 0.6 is 0 Å². The summed E-state index contributed by atoms with van der Waals surface area (Å²) in [5, 5.41) is 4.92. The van der Waals surface area contributed by atoms with Gasteiger partial charge in [0.05, 0.1) is 5.52 Å². The van der Waals surface area contributed by atoms with Gasteiger partial charge in [0.25, 0.3) is 0 Å². The van der Waals surface area contributed by atoms with Gasteiger partial charge in [-0.2, -0.15) is 0 Å². The lowest BCUT2D eigenvalue weighted by molar-refractivity contribution is 1.36. The smallest absolute Gasteiger partial charge is 0.0701 e. The third-order valence-corrected chi connectivity index (χ3v) is 4.52. The molecule has 0 bridgehead atoms. The molecule has 324 valence electrons. The van der Waals surface area contributed by atoms with Crippen LogP contribution in [0, 0.1) is 0 Å². The molecule has 0 saturated heterocycles. The number of hydrogen-bond donors (Lipinski definition) is 1. The van der Waals surface area contributed by atoms with Crippen LogP contribution in [0.4, 0.5) is 0 Å². The highest BCUT2D eigenvalue weighted by molar-refractivity contribution is 5.81. The highest BCUT2D eigenvalue weighted by atomic mass is 14.7. The highest BCUT2D eigenvalue weighted by Gasteiger charge is 1.88. The van der Waals surface area contributed by atoms with Gasteiger partial charge < -0.3 is 4.98 Å². The Morgan fingerprint density at radius 1 is 0.308 bits per heavy atom. The second-order valence-electron chi connectivity index (χ2n) is 6.48. The van der Waals surface area contributed by atoms with E-state index < -0.39 is 0 Å². The molecule has 0 saturated carbocycles. The van der Waals surface area contributed by atoms with Crippen LogP contribution in [-0.4, -0.2) is 15.0 Å². The maximum Gasteiger partial charge on any atom is 0.0701 e. The minimum absolute atomic E-state index is 0. The Balaban J connectivity index is -0.0000000134. The van der Waals surface area contributed by atoms with Crippen molar-refractivity contribution in [3.05, 3.63) is 122 Å². The summed E-state index contributed by atoms with van der Waals surface area (Å²) in [6.07, 6.45) is 7.44. The van der Waals surface area contributed by atoms with E-state index in [1.54, 1.807) is 0 Å². The van der Waals surface area contributed by atoms with Crippen LogP contribution in [0.5, 0.6) is 0 Å². The van der Waals surface area contributed by atoms with Crippen molar-refractivity contribution in [1.82, 2.24) is 15.0 Å². The molecule has 0 aliphatic carbocycles. The van der Waals surface area contributed by atoms with Crippen molar-refractivity contribution < 1.29 is 0 Å². The molecular formula is C49H113N3. The van der Waals surface area contributed by atoms with Crippen molar-refractivity contribution in [2.45, 2.75) is 171 Å². The molecule has 6 aromatic rings. The van der Waals surface area contributed by atoms with Gasteiger partial charge in [0.1, 0.15) is 0 Å². The first-order valence-electron chi connectivity index (χ1n) is 9.51. The van der Waals surface area contributed by atoms with Crippen LogP contribution in [0.3, 0.4) is 0 Å². The SMILES string of the molecule is C.C.C.C.C.C.C.C.C.C.C.C.C.C.C.C.C.C.C.C.C.C.C.c1ccc2[nH]ccc2c1.c1ccc2cnccc2c1.c1ccc2ncccc2c1. The van der Waals surface area contributed by atoms with Gasteiger partial charge in [0.2, 0.25) is 0 Å². The number of fused-ring (bicyclic) bond motifs is 3. The van der Waals surface area contributed by atoms with E-state index in [1.165, 1.54) is 27.1 Å². The third kappa shape index (κ3) is 38.8. The molecule has 3 nitrogen and oxygen atoms in total. The lowest BCUT2D eigenvalue weighted by Gasteiger charge is -1.91. The van der Waals surface area contributed by atoms with Crippen LogP contribution in [0.2, 0.25) is 0 Å². The number of pyridine rings is 2. The molecule has 0 amide bonds. The minimum atomic E-state index is 0. The summed E-state index contributed by atoms with van der Waals surface area (Å²) in [7, 11) is 0. The second kappa shape index (κ2) is 72.7. The first-order chi connectivity index (χ1) is 14.4. The number of H-pyrrole nitrogens is 1. The fourth-order valence-electron chi connectivity index (χ4n) is 3.04. The number of aromatic amines is 1. The van der Waals surface area contributed by atoms with Crippen molar-refractivity contribution in [3.63, 3.8) is 0 Å². The van der Waals surface area contributed by atoms with Crippen molar-refractivity contribution in [2.24, 2.45) is 0 Å². The van der Waals surface area contributed by atoms with Gasteiger partial charge in [-0.3, -0.25) is 9.97 Å². The van der Waals surface area contributed by atoms with Gasteiger partial charge in [-0.15, -0.1) is 0 Å². The zero-order chi connectivity index (χ0) is 19.7. The van der Waals surface area contributed by atoms with Crippen LogP contribution in [0.15, 0.2) is 122 Å². The van der Waals surface area contributed by atoms with Gasteiger partial charge >= 0.3 is 0 Å². The minimum Gasteiger partial charge on any atom is -0.361 e. The lowest BCUT2D eigenvalue weighted by atomic mass is 10.2. The molecule has 0 unspecified atom stereocenters. The van der Waals surface area contributed by atoms with E-state index in [0.29, 0.717) is 0 Å². The van der Waals surface area contributed by atoms with Gasteiger partial charge in [0.15, 0.2) is 0 Å². The Kier molecular flexibility index (Phi) is 189. The average molecular weight is 744 g/mol. The summed E-state index contributed by atoms with van der Waals surface area (Å²) >= 11 is 0. The van der Waals surface area contributed by atoms with Crippen molar-refractivity contribution in [1.29, 1.82) is 0 Å². The fourth-order valence-corrected chi connectivity index (χ4v) is 3.04. The first-order valence-corrected chi connectivity index (χ1v) is 9.51. The standard InChI is InChI=1S/2C9H7N.C8H7N.23CH4/c1-2-6-9-8(4-1)5-3-7-10-9;1-2-4-9-7-10-6-5-8(9)3-1;1-2-4-8-7(3-1)5-6-9-8;;;;;;;;;;;;;;;;;;;;;;;/h2*1-7H;1-6,9H;23*1H4. The number of rotatable bonds is 0. The van der Waals surface area contributed by atoms with E-state index in [9.17, 15) is 0 Å². The van der Waals surface area contributed by atoms with Crippen molar-refractivity contribution >= 4 is 32.6 Å². The third-order valence-electron chi connectivity index (χ3n) is 4.52. The molecule has 0 fully saturated rings. The molecule has 3 heterocycles. The fraction of sp³-hybridized carbons (Fsp3) is 0.469. The van der Waals surface area contributed by atoms with Gasteiger partial charge in [-0.25, -0.2) is 0 Å². The summed E-state index contributed by atoms with van der Waals surface area (Å²) in [5.41, 5.74) is 2.27. The Bertz CT molecular complexity index is 1090. The topological polar surface area (TPSA) is 41.6 Å². The number of benzene rings is 3. The second-order valence-corrected chi connectivity index (χ2v) is 6.48. The Morgan fingerprint density at radius 3 is 1.13 bits per heavy atom. The largest absolute Gasteiger partial charge is 0.361 e. The predicted molar refractivity (Wildman–Crippen MR) is 277 cm³/mol. The molecule has 0 radical (unpaired) electrons. The molecule has 3 heteroatoms. The molecule has 0 spiro atoms.